The second kappa shape index (κ2) is 3.90. The molecule has 0 fully saturated rings. The fourth-order valence-corrected chi connectivity index (χ4v) is 1.55. The first kappa shape index (κ1) is 11.5. The van der Waals surface area contributed by atoms with Crippen molar-refractivity contribution in [2.24, 2.45) is 5.73 Å². The molecule has 0 aliphatic heterocycles. The summed E-state index contributed by atoms with van der Waals surface area (Å²) in [6, 6.07) is 3.15. The van der Waals surface area contributed by atoms with Gasteiger partial charge in [-0.15, -0.1) is 0 Å². The van der Waals surface area contributed by atoms with Crippen molar-refractivity contribution >= 4 is 15.9 Å². The number of benzene rings is 1. The zero-order valence-electron chi connectivity index (χ0n) is 7.40. The average Bonchev–Trinajstić information content (AvgIpc) is 2.01. The molecule has 2 N–H and O–H groups in total. The standard InChI is InChI=1S/C9H9BrF3N/c1-5(14)7-4-6(10)2-3-8(7)9(11,12)13/h2-5H,14H2,1H3/t5-/m0/s1. The van der Waals surface area contributed by atoms with Crippen LogP contribution in [-0.4, -0.2) is 0 Å². The first-order chi connectivity index (χ1) is 6.32. The fourth-order valence-electron chi connectivity index (χ4n) is 1.17. The number of halogens is 4. The summed E-state index contributed by atoms with van der Waals surface area (Å²) in [4.78, 5) is 0. The summed E-state index contributed by atoms with van der Waals surface area (Å²) >= 11 is 3.11. The van der Waals surface area contributed by atoms with E-state index in [1.165, 1.54) is 19.1 Å². The van der Waals surface area contributed by atoms with E-state index in [0.29, 0.717) is 4.47 Å². The van der Waals surface area contributed by atoms with Crippen molar-refractivity contribution in [3.8, 4) is 0 Å². The van der Waals surface area contributed by atoms with Crippen molar-refractivity contribution in [2.75, 3.05) is 0 Å². The van der Waals surface area contributed by atoms with Crippen LogP contribution in [0.4, 0.5) is 13.2 Å². The fraction of sp³-hybridized carbons (Fsp3) is 0.333. The van der Waals surface area contributed by atoms with Crippen molar-refractivity contribution in [2.45, 2.75) is 19.1 Å². The van der Waals surface area contributed by atoms with Crippen LogP contribution in [0.1, 0.15) is 24.1 Å². The molecule has 14 heavy (non-hydrogen) atoms. The zero-order chi connectivity index (χ0) is 10.9. The molecule has 1 nitrogen and oxygen atoms in total. The Kier molecular flexibility index (Phi) is 3.21. The van der Waals surface area contributed by atoms with Crippen LogP contribution in [0.25, 0.3) is 0 Å². The Morgan fingerprint density at radius 3 is 2.36 bits per heavy atom. The minimum Gasteiger partial charge on any atom is -0.324 e. The summed E-state index contributed by atoms with van der Waals surface area (Å²) in [7, 11) is 0. The molecule has 0 radical (unpaired) electrons. The highest BCUT2D eigenvalue weighted by Gasteiger charge is 2.33. The van der Waals surface area contributed by atoms with Gasteiger partial charge in [-0.2, -0.15) is 13.2 Å². The first-order valence-corrected chi connectivity index (χ1v) is 4.74. The molecule has 5 heteroatoms. The molecule has 0 heterocycles. The lowest BCUT2D eigenvalue weighted by Crippen LogP contribution is -2.15. The van der Waals surface area contributed by atoms with Gasteiger partial charge >= 0.3 is 6.18 Å². The van der Waals surface area contributed by atoms with Crippen LogP contribution in [-0.2, 0) is 6.18 Å². The van der Waals surface area contributed by atoms with Crippen LogP contribution in [0.3, 0.4) is 0 Å². The van der Waals surface area contributed by atoms with E-state index < -0.39 is 17.8 Å². The number of rotatable bonds is 1. The molecule has 0 spiro atoms. The Balaban J connectivity index is 3.29. The number of nitrogens with two attached hydrogens (primary N) is 1. The van der Waals surface area contributed by atoms with Gasteiger partial charge in [0, 0.05) is 10.5 Å². The van der Waals surface area contributed by atoms with Crippen molar-refractivity contribution in [3.63, 3.8) is 0 Å². The van der Waals surface area contributed by atoms with Crippen LogP contribution < -0.4 is 5.73 Å². The minimum atomic E-state index is -4.34. The van der Waals surface area contributed by atoms with E-state index in [0.717, 1.165) is 6.07 Å². The Morgan fingerprint density at radius 1 is 1.36 bits per heavy atom. The zero-order valence-corrected chi connectivity index (χ0v) is 8.98. The largest absolute Gasteiger partial charge is 0.416 e. The highest BCUT2D eigenvalue weighted by molar-refractivity contribution is 9.10. The van der Waals surface area contributed by atoms with Crippen LogP contribution >= 0.6 is 15.9 Å². The van der Waals surface area contributed by atoms with E-state index in [1.807, 2.05) is 0 Å². The lowest BCUT2D eigenvalue weighted by molar-refractivity contribution is -0.138. The number of hydrogen-bond donors (Lipinski definition) is 1. The molecule has 0 aromatic heterocycles. The van der Waals surface area contributed by atoms with Crippen LogP contribution in [0.2, 0.25) is 0 Å². The van der Waals surface area contributed by atoms with Gasteiger partial charge in [-0.3, -0.25) is 0 Å². The van der Waals surface area contributed by atoms with Gasteiger partial charge in [0.25, 0.3) is 0 Å². The third-order valence-electron chi connectivity index (χ3n) is 1.81. The molecule has 0 aliphatic rings. The van der Waals surface area contributed by atoms with Gasteiger partial charge in [-0.1, -0.05) is 15.9 Å². The van der Waals surface area contributed by atoms with E-state index in [9.17, 15) is 13.2 Å². The van der Waals surface area contributed by atoms with Crippen molar-refractivity contribution in [3.05, 3.63) is 33.8 Å². The molecule has 1 aromatic rings. The number of hydrogen-bond acceptors (Lipinski definition) is 1. The first-order valence-electron chi connectivity index (χ1n) is 3.94. The van der Waals surface area contributed by atoms with E-state index in [-0.39, 0.29) is 5.56 Å². The Morgan fingerprint density at radius 2 is 1.93 bits per heavy atom. The predicted octanol–water partition coefficient (Wildman–Crippen LogP) is 3.49. The van der Waals surface area contributed by atoms with E-state index in [2.05, 4.69) is 15.9 Å². The molecule has 0 saturated heterocycles. The molecular weight excluding hydrogens is 259 g/mol. The quantitative estimate of drug-likeness (QED) is 0.828. The molecule has 1 rings (SSSR count). The van der Waals surface area contributed by atoms with Gasteiger partial charge in [0.1, 0.15) is 0 Å². The Hall–Kier alpha value is -0.550. The van der Waals surface area contributed by atoms with E-state index in [1.54, 1.807) is 0 Å². The molecule has 0 saturated carbocycles. The monoisotopic (exact) mass is 267 g/mol. The second-order valence-corrected chi connectivity index (χ2v) is 3.93. The summed E-state index contributed by atoms with van der Waals surface area (Å²) in [6.07, 6.45) is -4.34. The van der Waals surface area contributed by atoms with Gasteiger partial charge in [0.05, 0.1) is 5.56 Å². The summed E-state index contributed by atoms with van der Waals surface area (Å²) < 4.78 is 38.0. The highest BCUT2D eigenvalue weighted by atomic mass is 79.9. The maximum atomic E-state index is 12.5. The van der Waals surface area contributed by atoms with Gasteiger partial charge in [0.2, 0.25) is 0 Å². The molecule has 1 aromatic carbocycles. The maximum absolute atomic E-state index is 12.5. The molecule has 0 bridgehead atoms. The molecule has 0 amide bonds. The van der Waals surface area contributed by atoms with Crippen molar-refractivity contribution in [1.29, 1.82) is 0 Å². The summed E-state index contributed by atoms with van der Waals surface area (Å²) in [5, 5.41) is 0. The van der Waals surface area contributed by atoms with Crippen molar-refractivity contribution in [1.82, 2.24) is 0 Å². The third-order valence-corrected chi connectivity index (χ3v) is 2.30. The molecule has 0 unspecified atom stereocenters. The lowest BCUT2D eigenvalue weighted by atomic mass is 10.0. The normalized spacial score (nSPS) is 14.1. The molecule has 0 aliphatic carbocycles. The smallest absolute Gasteiger partial charge is 0.324 e. The summed E-state index contributed by atoms with van der Waals surface area (Å²) in [6.45, 7) is 1.52. The molecule has 1 atom stereocenters. The Bertz CT molecular complexity index is 333. The number of alkyl halides is 3. The highest BCUT2D eigenvalue weighted by Crippen LogP contribution is 2.35. The Labute approximate surface area is 88.2 Å². The van der Waals surface area contributed by atoms with E-state index in [4.69, 9.17) is 5.73 Å². The topological polar surface area (TPSA) is 26.0 Å². The van der Waals surface area contributed by atoms with Crippen molar-refractivity contribution < 1.29 is 13.2 Å². The SMILES string of the molecule is C[C@H](N)c1cc(Br)ccc1C(F)(F)F. The lowest BCUT2D eigenvalue weighted by Gasteiger charge is -2.15. The van der Waals surface area contributed by atoms with Crippen LogP contribution in [0, 0.1) is 0 Å². The average molecular weight is 268 g/mol. The van der Waals surface area contributed by atoms with Gasteiger partial charge in [0.15, 0.2) is 0 Å². The predicted molar refractivity (Wildman–Crippen MR) is 51.7 cm³/mol. The minimum absolute atomic E-state index is 0.104. The summed E-state index contributed by atoms with van der Waals surface area (Å²) in [5.74, 6) is 0. The van der Waals surface area contributed by atoms with Crippen LogP contribution in [0.5, 0.6) is 0 Å². The maximum Gasteiger partial charge on any atom is 0.416 e. The van der Waals surface area contributed by atoms with Gasteiger partial charge in [-0.05, 0) is 30.7 Å². The third kappa shape index (κ3) is 2.48. The molecular formula is C9H9BrF3N. The van der Waals surface area contributed by atoms with Crippen LogP contribution in [0.15, 0.2) is 22.7 Å². The molecule has 78 valence electrons. The van der Waals surface area contributed by atoms with Gasteiger partial charge < -0.3 is 5.73 Å². The summed E-state index contributed by atoms with van der Waals surface area (Å²) in [5.41, 5.74) is 4.89. The second-order valence-electron chi connectivity index (χ2n) is 3.02. The van der Waals surface area contributed by atoms with E-state index >= 15 is 0 Å². The van der Waals surface area contributed by atoms with Gasteiger partial charge in [-0.25, -0.2) is 0 Å².